The lowest BCUT2D eigenvalue weighted by Gasteiger charge is -2.44. The number of thioether (sulfide) groups is 1. The number of nitrogens with zero attached hydrogens (tertiary/aromatic N) is 2. The van der Waals surface area contributed by atoms with Gasteiger partial charge in [0.05, 0.1) is 17.7 Å². The lowest BCUT2D eigenvalue weighted by molar-refractivity contribution is -0.131. The summed E-state index contributed by atoms with van der Waals surface area (Å²) in [4.78, 5) is 28.0. The molecule has 0 aliphatic carbocycles. The summed E-state index contributed by atoms with van der Waals surface area (Å²) >= 11 is 7.60. The minimum atomic E-state index is -0.508. The monoisotopic (exact) mass is 368 g/mol. The summed E-state index contributed by atoms with van der Waals surface area (Å²) in [6.45, 7) is 2.94. The number of amides is 2. The van der Waals surface area contributed by atoms with E-state index in [9.17, 15) is 9.59 Å². The van der Waals surface area contributed by atoms with Crippen molar-refractivity contribution in [1.82, 2.24) is 4.90 Å². The third-order valence-electron chi connectivity index (χ3n) is 4.63. The molecule has 0 saturated carbocycles. The highest BCUT2D eigenvalue weighted by molar-refractivity contribution is 8.02. The van der Waals surface area contributed by atoms with Gasteiger partial charge in [-0.1, -0.05) is 6.07 Å². The molecule has 2 aliphatic rings. The zero-order valence-corrected chi connectivity index (χ0v) is 15.4. The quantitative estimate of drug-likeness (QED) is 0.770. The highest BCUT2D eigenvalue weighted by Gasteiger charge is 2.49. The summed E-state index contributed by atoms with van der Waals surface area (Å²) in [5, 5.41) is -0.508. The Bertz CT molecular complexity index is 644. The number of carbonyl (C=O) groups excluding carboxylic acids is 2. The van der Waals surface area contributed by atoms with Crippen LogP contribution in [-0.2, 0) is 9.59 Å². The van der Waals surface area contributed by atoms with E-state index in [-0.39, 0.29) is 16.7 Å². The molecule has 1 atom stereocenters. The summed E-state index contributed by atoms with van der Waals surface area (Å²) in [5.41, 5.74) is 0.856. The van der Waals surface area contributed by atoms with Gasteiger partial charge in [0, 0.05) is 24.8 Å². The fraction of sp³-hybridized carbons (Fsp3) is 0.529. The van der Waals surface area contributed by atoms with E-state index >= 15 is 0 Å². The second-order valence-electron chi connectivity index (χ2n) is 6.11. The normalized spacial score (nSPS) is 21.2. The molecule has 7 heteroatoms. The summed E-state index contributed by atoms with van der Waals surface area (Å²) in [6.07, 6.45) is 1.49. The summed E-state index contributed by atoms with van der Waals surface area (Å²) < 4.78 is 5.29. The average molecular weight is 369 g/mol. The Kier molecular flexibility index (Phi) is 4.97. The van der Waals surface area contributed by atoms with E-state index in [0.717, 1.165) is 24.3 Å². The molecule has 0 N–H and O–H groups in total. The second kappa shape index (κ2) is 6.84. The minimum absolute atomic E-state index is 0.0335. The molecule has 130 valence electrons. The van der Waals surface area contributed by atoms with Crippen molar-refractivity contribution in [1.29, 1.82) is 0 Å². The number of halogens is 1. The highest BCUT2D eigenvalue weighted by Crippen LogP contribution is 2.47. The molecule has 3 rings (SSSR count). The first-order valence-corrected chi connectivity index (χ1v) is 9.43. The molecule has 2 fully saturated rings. The fourth-order valence-electron chi connectivity index (χ4n) is 3.38. The van der Waals surface area contributed by atoms with Gasteiger partial charge in [-0.15, -0.1) is 23.4 Å². The van der Waals surface area contributed by atoms with Crippen LogP contribution in [0.3, 0.4) is 0 Å². The van der Waals surface area contributed by atoms with Gasteiger partial charge in [-0.3, -0.25) is 14.5 Å². The van der Waals surface area contributed by atoms with Crippen molar-refractivity contribution in [2.75, 3.05) is 30.9 Å². The molecule has 24 heavy (non-hydrogen) atoms. The smallest absolute Gasteiger partial charge is 0.240 e. The summed E-state index contributed by atoms with van der Waals surface area (Å²) in [7, 11) is 1.62. The SMILES string of the molecule is COc1cccc(N2C(=O)CSC23CCN(C(=O)C(C)Cl)CC3)c1. The van der Waals surface area contributed by atoms with E-state index in [4.69, 9.17) is 16.3 Å². The van der Waals surface area contributed by atoms with Crippen LogP contribution in [0.15, 0.2) is 24.3 Å². The van der Waals surface area contributed by atoms with Crippen molar-refractivity contribution in [3.63, 3.8) is 0 Å². The van der Waals surface area contributed by atoms with Gasteiger partial charge in [0.2, 0.25) is 11.8 Å². The van der Waals surface area contributed by atoms with Crippen molar-refractivity contribution < 1.29 is 14.3 Å². The van der Waals surface area contributed by atoms with Gasteiger partial charge in [-0.05, 0) is 31.9 Å². The Morgan fingerprint density at radius 2 is 2.08 bits per heavy atom. The Morgan fingerprint density at radius 1 is 1.38 bits per heavy atom. The number of hydrogen-bond donors (Lipinski definition) is 0. The maximum Gasteiger partial charge on any atom is 0.240 e. The molecule has 1 spiro atoms. The van der Waals surface area contributed by atoms with Crippen molar-refractivity contribution >= 4 is 40.9 Å². The Morgan fingerprint density at radius 3 is 2.71 bits per heavy atom. The molecule has 2 amide bonds. The lowest BCUT2D eigenvalue weighted by Crippen LogP contribution is -2.54. The number of hydrogen-bond acceptors (Lipinski definition) is 4. The van der Waals surface area contributed by atoms with Crippen LogP contribution in [0, 0.1) is 0 Å². The van der Waals surface area contributed by atoms with Crippen LogP contribution in [0.1, 0.15) is 19.8 Å². The first kappa shape index (κ1) is 17.4. The highest BCUT2D eigenvalue weighted by atomic mass is 35.5. The van der Waals surface area contributed by atoms with E-state index < -0.39 is 5.38 Å². The van der Waals surface area contributed by atoms with Crippen molar-refractivity contribution in [2.24, 2.45) is 0 Å². The molecule has 2 saturated heterocycles. The molecular weight excluding hydrogens is 348 g/mol. The number of ether oxygens (including phenoxy) is 1. The number of methoxy groups -OCH3 is 1. The minimum Gasteiger partial charge on any atom is -0.497 e. The van der Waals surface area contributed by atoms with Crippen LogP contribution in [-0.4, -0.2) is 52.9 Å². The summed E-state index contributed by atoms with van der Waals surface area (Å²) in [6, 6.07) is 7.59. The van der Waals surface area contributed by atoms with Crippen LogP contribution in [0.4, 0.5) is 5.69 Å². The standard InChI is InChI=1S/C17H21ClN2O3S/c1-12(18)16(22)19-8-6-17(7-9-19)20(15(21)11-24-17)13-4-3-5-14(10-13)23-2/h3-5,10,12H,6-9,11H2,1-2H3. The third-order valence-corrected chi connectivity index (χ3v) is 6.34. The number of likely N-dealkylation sites (tertiary alicyclic amines) is 1. The van der Waals surface area contributed by atoms with Crippen LogP contribution < -0.4 is 9.64 Å². The first-order valence-electron chi connectivity index (χ1n) is 8.01. The third kappa shape index (κ3) is 3.09. The molecule has 2 aliphatic heterocycles. The number of anilines is 1. The fourth-order valence-corrected chi connectivity index (χ4v) is 4.84. The van der Waals surface area contributed by atoms with Crippen LogP contribution in [0.5, 0.6) is 5.75 Å². The zero-order chi connectivity index (χ0) is 17.3. The predicted octanol–water partition coefficient (Wildman–Crippen LogP) is 2.72. The molecule has 1 aromatic rings. The van der Waals surface area contributed by atoms with Gasteiger partial charge in [0.15, 0.2) is 0 Å². The lowest BCUT2D eigenvalue weighted by atomic mass is 10.0. The van der Waals surface area contributed by atoms with Crippen LogP contribution >= 0.6 is 23.4 Å². The van der Waals surface area contributed by atoms with E-state index in [1.807, 2.05) is 29.2 Å². The second-order valence-corrected chi connectivity index (χ2v) is 8.10. The Hall–Kier alpha value is -1.40. The molecular formula is C17H21ClN2O3S. The van der Waals surface area contributed by atoms with Gasteiger partial charge in [0.25, 0.3) is 0 Å². The number of rotatable bonds is 3. The molecule has 5 nitrogen and oxygen atoms in total. The van der Waals surface area contributed by atoms with Crippen molar-refractivity contribution in [2.45, 2.75) is 30.0 Å². The van der Waals surface area contributed by atoms with Gasteiger partial charge < -0.3 is 9.64 Å². The van der Waals surface area contributed by atoms with Crippen molar-refractivity contribution in [3.8, 4) is 5.75 Å². The zero-order valence-electron chi connectivity index (χ0n) is 13.8. The molecule has 1 unspecified atom stereocenters. The first-order chi connectivity index (χ1) is 11.5. The Labute approximate surface area is 151 Å². The molecule has 0 radical (unpaired) electrons. The van der Waals surface area contributed by atoms with E-state index in [1.165, 1.54) is 0 Å². The number of alkyl halides is 1. The maximum atomic E-state index is 12.5. The number of benzene rings is 1. The average Bonchev–Trinajstić information content (AvgIpc) is 2.91. The van der Waals surface area contributed by atoms with Crippen LogP contribution in [0.2, 0.25) is 0 Å². The van der Waals surface area contributed by atoms with Gasteiger partial charge in [-0.2, -0.15) is 0 Å². The number of carbonyl (C=O) groups is 2. The molecule has 0 aromatic heterocycles. The molecule has 2 heterocycles. The largest absolute Gasteiger partial charge is 0.497 e. The van der Waals surface area contributed by atoms with Crippen molar-refractivity contribution in [3.05, 3.63) is 24.3 Å². The van der Waals surface area contributed by atoms with Gasteiger partial charge in [-0.25, -0.2) is 0 Å². The van der Waals surface area contributed by atoms with E-state index in [1.54, 1.807) is 30.7 Å². The summed E-state index contributed by atoms with van der Waals surface area (Å²) in [5.74, 6) is 1.28. The molecule has 1 aromatic carbocycles. The maximum absolute atomic E-state index is 12.5. The van der Waals surface area contributed by atoms with Gasteiger partial charge >= 0.3 is 0 Å². The predicted molar refractivity (Wildman–Crippen MR) is 96.8 cm³/mol. The number of piperidine rings is 1. The Balaban J connectivity index is 1.82. The van der Waals surface area contributed by atoms with Crippen LogP contribution in [0.25, 0.3) is 0 Å². The van der Waals surface area contributed by atoms with Gasteiger partial charge in [0.1, 0.15) is 11.1 Å². The topological polar surface area (TPSA) is 49.9 Å². The molecule has 0 bridgehead atoms. The van der Waals surface area contributed by atoms with E-state index in [0.29, 0.717) is 18.8 Å². The van der Waals surface area contributed by atoms with E-state index in [2.05, 4.69) is 0 Å².